The molecule has 0 aromatic heterocycles. The Bertz CT molecular complexity index is 263. The van der Waals surface area contributed by atoms with Crippen molar-refractivity contribution in [1.29, 1.82) is 0 Å². The fourth-order valence-electron chi connectivity index (χ4n) is 0.883. The molecule has 0 saturated heterocycles. The van der Waals surface area contributed by atoms with E-state index in [2.05, 4.69) is 13.2 Å². The van der Waals surface area contributed by atoms with Gasteiger partial charge in [-0.1, -0.05) is 49.6 Å². The van der Waals surface area contributed by atoms with Crippen molar-refractivity contribution in [3.63, 3.8) is 0 Å². The summed E-state index contributed by atoms with van der Waals surface area (Å²) in [5.41, 5.74) is 2.27. The molecular formula is C11H12O2. The first-order valence-electron chi connectivity index (χ1n) is 3.72. The summed E-state index contributed by atoms with van der Waals surface area (Å²) in [4.78, 5) is 8.36. The molecule has 0 aliphatic rings. The van der Waals surface area contributed by atoms with E-state index in [0.717, 1.165) is 11.1 Å². The van der Waals surface area contributed by atoms with E-state index < -0.39 is 0 Å². The Hall–Kier alpha value is -1.83. The fraction of sp³-hybridized carbons (Fsp3) is 0. The van der Waals surface area contributed by atoms with Gasteiger partial charge in [-0.15, -0.1) is 0 Å². The lowest BCUT2D eigenvalue weighted by atomic mass is 10.1. The maximum absolute atomic E-state index is 8.36. The van der Waals surface area contributed by atoms with Gasteiger partial charge < -0.3 is 5.11 Å². The first-order valence-corrected chi connectivity index (χ1v) is 3.72. The summed E-state index contributed by atoms with van der Waals surface area (Å²) in [7, 11) is 0. The monoisotopic (exact) mass is 176 g/mol. The molecular weight excluding hydrogens is 164 g/mol. The summed E-state index contributed by atoms with van der Waals surface area (Å²) in [5, 5.41) is 6.89. The smallest absolute Gasteiger partial charge is 0.290 e. The van der Waals surface area contributed by atoms with E-state index >= 15 is 0 Å². The molecule has 0 saturated carbocycles. The van der Waals surface area contributed by atoms with E-state index in [0.29, 0.717) is 0 Å². The van der Waals surface area contributed by atoms with Crippen LogP contribution in [0, 0.1) is 0 Å². The Morgan fingerprint density at radius 3 is 1.62 bits per heavy atom. The lowest BCUT2D eigenvalue weighted by Crippen LogP contribution is -1.76. The summed E-state index contributed by atoms with van der Waals surface area (Å²) in [6.07, 6.45) is 3.66. The maximum Gasteiger partial charge on any atom is 0.290 e. The topological polar surface area (TPSA) is 37.3 Å². The molecule has 0 aliphatic carbocycles. The van der Waals surface area contributed by atoms with Gasteiger partial charge in [-0.05, 0) is 11.1 Å². The quantitative estimate of drug-likeness (QED) is 0.703. The third-order valence-corrected chi connectivity index (χ3v) is 1.44. The van der Waals surface area contributed by atoms with Gasteiger partial charge in [-0.25, -0.2) is 0 Å². The zero-order chi connectivity index (χ0) is 10.1. The van der Waals surface area contributed by atoms with E-state index in [1.165, 1.54) is 0 Å². The number of hydrogen-bond acceptors (Lipinski definition) is 1. The Labute approximate surface area is 77.8 Å². The van der Waals surface area contributed by atoms with Crippen molar-refractivity contribution in [3.05, 3.63) is 48.6 Å². The lowest BCUT2D eigenvalue weighted by molar-refractivity contribution is -0.122. The van der Waals surface area contributed by atoms with Crippen molar-refractivity contribution in [2.24, 2.45) is 0 Å². The van der Waals surface area contributed by atoms with Crippen LogP contribution in [0.3, 0.4) is 0 Å². The molecule has 0 atom stereocenters. The number of carbonyl (C=O) groups is 1. The standard InChI is InChI=1S/C10H10.CH2O2/c1-3-9-7-5-6-8-10(9)4-2;2-1-3/h3-8H,1-2H2;1H,(H,2,3). The molecule has 13 heavy (non-hydrogen) atoms. The number of rotatable bonds is 2. The van der Waals surface area contributed by atoms with Crippen LogP contribution in [0.1, 0.15) is 11.1 Å². The van der Waals surface area contributed by atoms with Crippen LogP contribution >= 0.6 is 0 Å². The van der Waals surface area contributed by atoms with Gasteiger partial charge in [0, 0.05) is 0 Å². The van der Waals surface area contributed by atoms with Crippen molar-refractivity contribution in [2.45, 2.75) is 0 Å². The molecule has 0 radical (unpaired) electrons. The van der Waals surface area contributed by atoms with Gasteiger partial charge in [0.15, 0.2) is 0 Å². The van der Waals surface area contributed by atoms with Crippen molar-refractivity contribution >= 4 is 18.6 Å². The van der Waals surface area contributed by atoms with Crippen LogP contribution in [0.4, 0.5) is 0 Å². The SMILES string of the molecule is C=Cc1ccccc1C=C.O=CO. The average molecular weight is 176 g/mol. The second-order valence-electron chi connectivity index (χ2n) is 2.14. The lowest BCUT2D eigenvalue weighted by Gasteiger charge is -1.96. The largest absolute Gasteiger partial charge is 0.483 e. The van der Waals surface area contributed by atoms with Crippen molar-refractivity contribution in [2.75, 3.05) is 0 Å². The minimum Gasteiger partial charge on any atom is -0.483 e. The summed E-state index contributed by atoms with van der Waals surface area (Å²) < 4.78 is 0. The molecule has 0 fully saturated rings. The molecule has 0 unspecified atom stereocenters. The van der Waals surface area contributed by atoms with E-state index in [1.807, 2.05) is 36.4 Å². The van der Waals surface area contributed by atoms with Crippen LogP contribution in [0.5, 0.6) is 0 Å². The Morgan fingerprint density at radius 1 is 1.08 bits per heavy atom. The van der Waals surface area contributed by atoms with E-state index in [-0.39, 0.29) is 6.47 Å². The average Bonchev–Trinajstić information content (AvgIpc) is 2.19. The van der Waals surface area contributed by atoms with E-state index in [4.69, 9.17) is 9.90 Å². The molecule has 0 amide bonds. The molecule has 1 N–H and O–H groups in total. The molecule has 0 bridgehead atoms. The zero-order valence-electron chi connectivity index (χ0n) is 7.31. The molecule has 2 heteroatoms. The van der Waals surface area contributed by atoms with Crippen molar-refractivity contribution < 1.29 is 9.90 Å². The Kier molecular flexibility index (Phi) is 5.89. The highest BCUT2D eigenvalue weighted by molar-refractivity contribution is 5.63. The van der Waals surface area contributed by atoms with Crippen LogP contribution in [-0.4, -0.2) is 11.6 Å². The highest BCUT2D eigenvalue weighted by Gasteiger charge is 1.89. The second kappa shape index (κ2) is 6.85. The van der Waals surface area contributed by atoms with Crippen LogP contribution in [-0.2, 0) is 4.79 Å². The fourth-order valence-corrected chi connectivity index (χ4v) is 0.883. The maximum atomic E-state index is 8.36. The summed E-state index contributed by atoms with van der Waals surface area (Å²) >= 11 is 0. The van der Waals surface area contributed by atoms with Gasteiger partial charge >= 0.3 is 0 Å². The Morgan fingerprint density at radius 2 is 1.38 bits per heavy atom. The third-order valence-electron chi connectivity index (χ3n) is 1.44. The predicted octanol–water partition coefficient (Wildman–Crippen LogP) is 2.67. The van der Waals surface area contributed by atoms with Crippen molar-refractivity contribution in [3.8, 4) is 0 Å². The highest BCUT2D eigenvalue weighted by atomic mass is 16.3. The molecule has 1 rings (SSSR count). The number of hydrogen-bond donors (Lipinski definition) is 1. The summed E-state index contributed by atoms with van der Waals surface area (Å²) in [6.45, 7) is 7.13. The molecule has 0 aliphatic heterocycles. The van der Waals surface area contributed by atoms with Gasteiger partial charge in [-0.2, -0.15) is 0 Å². The molecule has 1 aromatic rings. The summed E-state index contributed by atoms with van der Waals surface area (Å²) in [5.74, 6) is 0. The Balaban J connectivity index is 0.000000424. The van der Waals surface area contributed by atoms with E-state index in [1.54, 1.807) is 0 Å². The number of carboxylic acid groups (broad SMARTS) is 1. The van der Waals surface area contributed by atoms with Gasteiger partial charge in [0.25, 0.3) is 6.47 Å². The van der Waals surface area contributed by atoms with Gasteiger partial charge in [0.1, 0.15) is 0 Å². The molecule has 2 nitrogen and oxygen atoms in total. The first-order chi connectivity index (χ1) is 6.29. The van der Waals surface area contributed by atoms with Crippen molar-refractivity contribution in [1.82, 2.24) is 0 Å². The highest BCUT2D eigenvalue weighted by Crippen LogP contribution is 2.10. The van der Waals surface area contributed by atoms with Crippen LogP contribution in [0.15, 0.2) is 37.4 Å². The summed E-state index contributed by atoms with van der Waals surface area (Å²) in [6, 6.07) is 8.02. The normalized spacial score (nSPS) is 7.69. The van der Waals surface area contributed by atoms with Gasteiger partial charge in [-0.3, -0.25) is 4.79 Å². The van der Waals surface area contributed by atoms with Gasteiger partial charge in [0.05, 0.1) is 0 Å². The molecule has 0 spiro atoms. The zero-order valence-corrected chi connectivity index (χ0v) is 7.31. The van der Waals surface area contributed by atoms with Gasteiger partial charge in [0.2, 0.25) is 0 Å². The number of benzene rings is 1. The third kappa shape index (κ3) is 3.91. The van der Waals surface area contributed by atoms with E-state index in [9.17, 15) is 0 Å². The van der Waals surface area contributed by atoms with Crippen LogP contribution in [0.25, 0.3) is 12.2 Å². The minimum atomic E-state index is -0.250. The molecule has 0 heterocycles. The molecule has 1 aromatic carbocycles. The molecule has 68 valence electrons. The minimum absolute atomic E-state index is 0.250. The predicted molar refractivity (Wildman–Crippen MR) is 55.3 cm³/mol. The van der Waals surface area contributed by atoms with Crippen LogP contribution in [0.2, 0.25) is 0 Å². The first kappa shape index (κ1) is 11.2. The van der Waals surface area contributed by atoms with Crippen LogP contribution < -0.4 is 0 Å². The second-order valence-corrected chi connectivity index (χ2v) is 2.14.